The standard InChI is InChI=1S/C12H23NO3.C7H15NO.2CH4/c1-9-5-7-13(8-6-10(9)14)11(15)16-12(2,3)4;1-6-2-4-8-5-3-7(6)9;;/h9-10,14H,5-8H2,1-4H3;6-9H,2-5H2,1H3;2*1H4. The second-order valence-electron chi connectivity index (χ2n) is 8.46. The molecule has 4 unspecified atom stereocenters. The summed E-state index contributed by atoms with van der Waals surface area (Å²) in [6.45, 7) is 13.0. The molecule has 2 rings (SSSR count). The third-order valence-corrected chi connectivity index (χ3v) is 4.91. The van der Waals surface area contributed by atoms with Crippen molar-refractivity contribution in [3.63, 3.8) is 0 Å². The van der Waals surface area contributed by atoms with E-state index in [2.05, 4.69) is 12.2 Å². The predicted octanol–water partition coefficient (Wildman–Crippen LogP) is 3.65. The van der Waals surface area contributed by atoms with Crippen LogP contribution in [0.4, 0.5) is 4.79 Å². The molecular weight excluding hydrogens is 344 g/mol. The molecule has 2 heterocycles. The molecule has 2 saturated heterocycles. The number of hydrogen-bond acceptors (Lipinski definition) is 5. The van der Waals surface area contributed by atoms with Crippen LogP contribution < -0.4 is 5.32 Å². The van der Waals surface area contributed by atoms with Crippen molar-refractivity contribution in [1.82, 2.24) is 10.2 Å². The number of amides is 1. The SMILES string of the molecule is C.C.CC1CCN(C(=O)OC(C)(C)C)CCC1O.CC1CCNCCC1O. The summed E-state index contributed by atoms with van der Waals surface area (Å²) in [5, 5.41) is 22.3. The average Bonchev–Trinajstić information content (AvgIpc) is 2.79. The molecule has 4 atom stereocenters. The summed E-state index contributed by atoms with van der Waals surface area (Å²) in [5.41, 5.74) is -0.451. The Kier molecular flexibility index (Phi) is 14.0. The fraction of sp³-hybridized carbons (Fsp3) is 0.952. The van der Waals surface area contributed by atoms with Crippen molar-refractivity contribution in [1.29, 1.82) is 0 Å². The van der Waals surface area contributed by atoms with Crippen LogP contribution in [0, 0.1) is 11.8 Å². The molecule has 2 fully saturated rings. The van der Waals surface area contributed by atoms with Gasteiger partial charge in [-0.3, -0.25) is 0 Å². The van der Waals surface area contributed by atoms with E-state index >= 15 is 0 Å². The maximum Gasteiger partial charge on any atom is 0.410 e. The van der Waals surface area contributed by atoms with Crippen molar-refractivity contribution in [2.24, 2.45) is 11.8 Å². The molecule has 0 radical (unpaired) electrons. The zero-order chi connectivity index (χ0) is 19.0. The van der Waals surface area contributed by atoms with Crippen molar-refractivity contribution in [3.8, 4) is 0 Å². The molecule has 0 bridgehead atoms. The van der Waals surface area contributed by atoms with Crippen molar-refractivity contribution >= 4 is 6.09 Å². The Morgan fingerprint density at radius 2 is 1.41 bits per heavy atom. The molecule has 6 nitrogen and oxygen atoms in total. The van der Waals surface area contributed by atoms with Gasteiger partial charge >= 0.3 is 6.09 Å². The number of hydrogen-bond donors (Lipinski definition) is 3. The summed E-state index contributed by atoms with van der Waals surface area (Å²) in [5.74, 6) is 0.743. The number of nitrogens with one attached hydrogen (secondary N) is 1. The van der Waals surface area contributed by atoms with Crippen molar-refractivity contribution < 1.29 is 19.7 Å². The van der Waals surface area contributed by atoms with Gasteiger partial charge in [0.15, 0.2) is 0 Å². The van der Waals surface area contributed by atoms with Gasteiger partial charge in [0.1, 0.15) is 5.60 Å². The molecule has 6 heteroatoms. The lowest BCUT2D eigenvalue weighted by Crippen LogP contribution is -2.37. The van der Waals surface area contributed by atoms with Gasteiger partial charge in [-0.05, 0) is 71.4 Å². The van der Waals surface area contributed by atoms with Gasteiger partial charge in [-0.15, -0.1) is 0 Å². The maximum absolute atomic E-state index is 11.8. The van der Waals surface area contributed by atoms with Crippen molar-refractivity contribution in [2.75, 3.05) is 26.2 Å². The molecule has 0 aliphatic carbocycles. The molecule has 3 N–H and O–H groups in total. The van der Waals surface area contributed by atoms with Gasteiger partial charge in [-0.2, -0.15) is 0 Å². The van der Waals surface area contributed by atoms with E-state index in [9.17, 15) is 15.0 Å². The number of likely N-dealkylation sites (tertiary alicyclic amines) is 1. The van der Waals surface area contributed by atoms with Gasteiger partial charge in [0.05, 0.1) is 12.2 Å². The Morgan fingerprint density at radius 3 is 2.00 bits per heavy atom. The summed E-state index contributed by atoms with van der Waals surface area (Å²) in [6.07, 6.45) is 2.87. The van der Waals surface area contributed by atoms with E-state index in [1.165, 1.54) is 0 Å². The fourth-order valence-corrected chi connectivity index (χ4v) is 2.93. The van der Waals surface area contributed by atoms with Crippen LogP contribution in [0.3, 0.4) is 0 Å². The molecular formula is C21H46N2O4. The average molecular weight is 391 g/mol. The smallest absolute Gasteiger partial charge is 0.410 e. The van der Waals surface area contributed by atoms with Gasteiger partial charge in [0, 0.05) is 13.1 Å². The molecule has 1 amide bonds. The van der Waals surface area contributed by atoms with Crippen LogP contribution in [0.25, 0.3) is 0 Å². The second-order valence-corrected chi connectivity index (χ2v) is 8.46. The van der Waals surface area contributed by atoms with E-state index in [1.54, 1.807) is 4.90 Å². The number of carbonyl (C=O) groups excluding carboxylic acids is 1. The molecule has 2 aliphatic heterocycles. The van der Waals surface area contributed by atoms with E-state index in [-0.39, 0.29) is 39.1 Å². The first-order chi connectivity index (χ1) is 11.6. The third-order valence-electron chi connectivity index (χ3n) is 4.91. The maximum atomic E-state index is 11.8. The van der Waals surface area contributed by atoms with E-state index in [4.69, 9.17) is 4.74 Å². The largest absolute Gasteiger partial charge is 0.444 e. The van der Waals surface area contributed by atoms with Crippen LogP contribution in [0.2, 0.25) is 0 Å². The molecule has 164 valence electrons. The number of rotatable bonds is 0. The molecule has 0 aromatic rings. The van der Waals surface area contributed by atoms with Crippen LogP contribution in [-0.4, -0.2) is 65.2 Å². The monoisotopic (exact) mass is 390 g/mol. The van der Waals surface area contributed by atoms with Gasteiger partial charge in [0.25, 0.3) is 0 Å². The number of ether oxygens (including phenoxy) is 1. The number of nitrogens with zero attached hydrogens (tertiary/aromatic N) is 1. The Balaban J connectivity index is 0. The molecule has 0 aromatic carbocycles. The van der Waals surface area contributed by atoms with Crippen LogP contribution in [0.15, 0.2) is 0 Å². The van der Waals surface area contributed by atoms with Gasteiger partial charge < -0.3 is 25.2 Å². The second kappa shape index (κ2) is 13.3. The Labute approximate surface area is 167 Å². The highest BCUT2D eigenvalue weighted by Gasteiger charge is 2.27. The molecule has 0 saturated carbocycles. The van der Waals surface area contributed by atoms with Crippen molar-refractivity contribution in [3.05, 3.63) is 0 Å². The van der Waals surface area contributed by atoms with Crippen LogP contribution in [0.1, 0.15) is 75.2 Å². The number of aliphatic hydroxyl groups is 2. The van der Waals surface area contributed by atoms with E-state index in [0.29, 0.717) is 25.4 Å². The number of aliphatic hydroxyl groups excluding tert-OH is 2. The minimum Gasteiger partial charge on any atom is -0.444 e. The predicted molar refractivity (Wildman–Crippen MR) is 113 cm³/mol. The highest BCUT2D eigenvalue weighted by atomic mass is 16.6. The van der Waals surface area contributed by atoms with E-state index < -0.39 is 5.60 Å². The summed E-state index contributed by atoms with van der Waals surface area (Å²) in [6, 6.07) is 0. The Bertz CT molecular complexity index is 376. The minimum atomic E-state index is -0.451. The minimum absolute atomic E-state index is 0. The first-order valence-corrected chi connectivity index (χ1v) is 9.65. The first kappa shape index (κ1) is 28.4. The molecule has 27 heavy (non-hydrogen) atoms. The quantitative estimate of drug-likeness (QED) is 0.588. The van der Waals surface area contributed by atoms with Crippen LogP contribution in [-0.2, 0) is 4.74 Å². The van der Waals surface area contributed by atoms with E-state index in [0.717, 1.165) is 32.4 Å². The summed E-state index contributed by atoms with van der Waals surface area (Å²) in [7, 11) is 0. The van der Waals surface area contributed by atoms with Gasteiger partial charge in [0.2, 0.25) is 0 Å². The summed E-state index contributed by atoms with van der Waals surface area (Å²) < 4.78 is 5.31. The van der Waals surface area contributed by atoms with Gasteiger partial charge in [-0.25, -0.2) is 4.79 Å². The topological polar surface area (TPSA) is 82.0 Å². The Morgan fingerprint density at radius 1 is 0.926 bits per heavy atom. The zero-order valence-corrected chi connectivity index (χ0v) is 16.6. The van der Waals surface area contributed by atoms with Gasteiger partial charge in [-0.1, -0.05) is 28.7 Å². The third kappa shape index (κ3) is 11.6. The first-order valence-electron chi connectivity index (χ1n) is 9.65. The molecule has 2 aliphatic rings. The zero-order valence-electron chi connectivity index (χ0n) is 16.6. The summed E-state index contributed by atoms with van der Waals surface area (Å²) >= 11 is 0. The lowest BCUT2D eigenvalue weighted by atomic mass is 10.0. The van der Waals surface area contributed by atoms with Crippen molar-refractivity contribution in [2.45, 2.75) is 93.0 Å². The highest BCUT2D eigenvalue weighted by Crippen LogP contribution is 2.19. The highest BCUT2D eigenvalue weighted by molar-refractivity contribution is 5.68. The Hall–Kier alpha value is -0.850. The number of carbonyl (C=O) groups is 1. The lowest BCUT2D eigenvalue weighted by molar-refractivity contribution is 0.0250. The molecule has 0 spiro atoms. The fourth-order valence-electron chi connectivity index (χ4n) is 2.93. The lowest BCUT2D eigenvalue weighted by Gasteiger charge is -2.26. The van der Waals surface area contributed by atoms with Crippen LogP contribution >= 0.6 is 0 Å². The normalized spacial score (nSPS) is 28.9. The summed E-state index contributed by atoms with van der Waals surface area (Å²) in [4.78, 5) is 13.5. The molecule has 0 aromatic heterocycles. The van der Waals surface area contributed by atoms with E-state index in [1.807, 2.05) is 27.7 Å². The van der Waals surface area contributed by atoms with Crippen LogP contribution in [0.5, 0.6) is 0 Å².